The number of aromatic nitrogens is 1. The van der Waals surface area contributed by atoms with Crippen molar-refractivity contribution in [1.82, 2.24) is 4.98 Å². The highest BCUT2D eigenvalue weighted by atomic mass is 31.2. The first-order chi connectivity index (χ1) is 16.1. The van der Waals surface area contributed by atoms with Gasteiger partial charge in [-0.15, -0.1) is 0 Å². The molecule has 0 fully saturated rings. The van der Waals surface area contributed by atoms with Crippen molar-refractivity contribution in [3.05, 3.63) is 77.9 Å². The fraction of sp³-hybridized carbons (Fsp3) is 0.222. The van der Waals surface area contributed by atoms with E-state index in [1.54, 1.807) is 7.11 Å². The molecule has 0 amide bonds. The van der Waals surface area contributed by atoms with Gasteiger partial charge in [0.15, 0.2) is 0 Å². The average Bonchev–Trinajstić information content (AvgIpc) is 3.23. The van der Waals surface area contributed by atoms with Crippen LogP contribution in [0.4, 0.5) is 0 Å². The highest BCUT2D eigenvalue weighted by Crippen LogP contribution is 2.49. The van der Waals surface area contributed by atoms with Crippen LogP contribution in [0, 0.1) is 0 Å². The highest BCUT2D eigenvalue weighted by Gasteiger charge is 2.30. The van der Waals surface area contributed by atoms with Gasteiger partial charge in [0.25, 0.3) is 0 Å². The molecule has 1 heterocycles. The Hall–Kier alpha value is -2.98. The summed E-state index contributed by atoms with van der Waals surface area (Å²) in [7, 11) is -1.74. The number of methoxy groups -OCH3 is 1. The second-order valence-corrected chi connectivity index (χ2v) is 9.94. The van der Waals surface area contributed by atoms with Gasteiger partial charge < -0.3 is 13.8 Å². The fourth-order valence-electron chi connectivity index (χ4n) is 4.56. The maximum atomic E-state index is 13.5. The molecule has 0 atom stereocenters. The lowest BCUT2D eigenvalue weighted by Crippen LogP contribution is -2.11. The van der Waals surface area contributed by atoms with Gasteiger partial charge in [-0.1, -0.05) is 24.3 Å². The summed E-state index contributed by atoms with van der Waals surface area (Å²) in [5, 5.41) is 1.52. The van der Waals surface area contributed by atoms with E-state index >= 15 is 0 Å². The van der Waals surface area contributed by atoms with Crippen LogP contribution in [0.25, 0.3) is 33.3 Å². The first-order valence-electron chi connectivity index (χ1n) is 11.2. The molecule has 0 unspecified atom stereocenters. The summed E-state index contributed by atoms with van der Waals surface area (Å²) in [6.07, 6.45) is 0.800. The number of fused-ring (bicyclic) bond motifs is 5. The maximum Gasteiger partial charge on any atom is 0.361 e. The Balaban J connectivity index is 1.77. The van der Waals surface area contributed by atoms with E-state index in [9.17, 15) is 4.57 Å². The van der Waals surface area contributed by atoms with E-state index in [1.165, 1.54) is 16.7 Å². The molecule has 6 heteroatoms. The predicted molar refractivity (Wildman–Crippen MR) is 132 cm³/mol. The minimum Gasteiger partial charge on any atom is -0.497 e. The summed E-state index contributed by atoms with van der Waals surface area (Å²) in [6.45, 7) is 4.27. The molecule has 0 radical (unpaired) electrons. The third kappa shape index (κ3) is 3.76. The molecule has 5 nitrogen and oxygen atoms in total. The summed E-state index contributed by atoms with van der Waals surface area (Å²) in [5.41, 5.74) is 7.62. The highest BCUT2D eigenvalue weighted by molar-refractivity contribution is 7.62. The Morgan fingerprint density at radius 1 is 0.939 bits per heavy atom. The zero-order valence-electron chi connectivity index (χ0n) is 19.0. The third-order valence-corrected chi connectivity index (χ3v) is 8.11. The zero-order valence-corrected chi connectivity index (χ0v) is 19.9. The Kier molecular flexibility index (Phi) is 5.79. The molecule has 33 heavy (non-hydrogen) atoms. The van der Waals surface area contributed by atoms with Crippen LogP contribution in [0.15, 0.2) is 66.7 Å². The first-order valence-corrected chi connectivity index (χ1v) is 12.7. The van der Waals surface area contributed by atoms with Crippen LogP contribution in [0.5, 0.6) is 5.75 Å². The van der Waals surface area contributed by atoms with E-state index in [0.717, 1.165) is 39.9 Å². The van der Waals surface area contributed by atoms with E-state index < -0.39 is 7.60 Å². The molecule has 3 aromatic carbocycles. The third-order valence-electron chi connectivity index (χ3n) is 6.00. The Labute approximate surface area is 193 Å². The van der Waals surface area contributed by atoms with Crippen molar-refractivity contribution in [3.63, 3.8) is 0 Å². The Morgan fingerprint density at radius 2 is 1.67 bits per heavy atom. The van der Waals surface area contributed by atoms with E-state index in [-0.39, 0.29) is 0 Å². The molecule has 5 rings (SSSR count). The number of hydrogen-bond acceptors (Lipinski definition) is 5. The molecule has 0 spiro atoms. The molecule has 1 aliphatic carbocycles. The van der Waals surface area contributed by atoms with Crippen LogP contribution in [-0.2, 0) is 20.0 Å². The van der Waals surface area contributed by atoms with Crippen molar-refractivity contribution in [3.8, 4) is 28.1 Å². The molecule has 1 aromatic heterocycles. The van der Waals surface area contributed by atoms with Gasteiger partial charge >= 0.3 is 7.60 Å². The van der Waals surface area contributed by atoms with Crippen LogP contribution >= 0.6 is 7.60 Å². The lowest BCUT2D eigenvalue weighted by Gasteiger charge is -2.19. The van der Waals surface area contributed by atoms with Gasteiger partial charge in [-0.2, -0.15) is 0 Å². The maximum absolute atomic E-state index is 13.5. The van der Waals surface area contributed by atoms with Crippen molar-refractivity contribution in [2.75, 3.05) is 20.3 Å². The largest absolute Gasteiger partial charge is 0.497 e. The van der Waals surface area contributed by atoms with Gasteiger partial charge in [0.1, 0.15) is 5.75 Å². The normalized spacial score (nSPS) is 12.6. The molecule has 1 aliphatic rings. The van der Waals surface area contributed by atoms with Crippen molar-refractivity contribution in [1.29, 1.82) is 0 Å². The van der Waals surface area contributed by atoms with Gasteiger partial charge in [-0.25, -0.2) is 4.98 Å². The summed E-state index contributed by atoms with van der Waals surface area (Å²) in [6, 6.07) is 22.1. The molecule has 0 bridgehead atoms. The number of nitrogens with zero attached hydrogens (tertiary/aromatic N) is 1. The van der Waals surface area contributed by atoms with Gasteiger partial charge in [-0.05, 0) is 78.6 Å². The van der Waals surface area contributed by atoms with Gasteiger partial charge in [0.2, 0.25) is 0 Å². The van der Waals surface area contributed by atoms with E-state index in [0.29, 0.717) is 18.5 Å². The number of pyridine rings is 1. The minimum absolute atomic E-state index is 0.310. The molecule has 0 aliphatic heterocycles. The summed E-state index contributed by atoms with van der Waals surface area (Å²) in [4.78, 5) is 5.06. The lowest BCUT2D eigenvalue weighted by molar-refractivity contribution is 0.230. The zero-order chi connectivity index (χ0) is 23.0. The standard InChI is InChI=1S/C27H26NO4P/c1-4-31-33(29,32-5-2)21-14-15-25-23(17-21)26-22-9-7-6-8-19(22)16-24(26)27(28-25)18-10-12-20(30-3)13-11-18/h6-15,17H,4-5,16H2,1-3H3. The van der Waals surface area contributed by atoms with Crippen LogP contribution in [0.2, 0.25) is 0 Å². The molecule has 168 valence electrons. The lowest BCUT2D eigenvalue weighted by atomic mass is 9.97. The Bertz CT molecular complexity index is 1370. The van der Waals surface area contributed by atoms with Crippen molar-refractivity contribution < 1.29 is 18.3 Å². The van der Waals surface area contributed by atoms with Crippen molar-refractivity contribution in [2.24, 2.45) is 0 Å². The van der Waals surface area contributed by atoms with Gasteiger partial charge in [-0.3, -0.25) is 4.57 Å². The summed E-state index contributed by atoms with van der Waals surface area (Å²) >= 11 is 0. The van der Waals surface area contributed by atoms with Crippen molar-refractivity contribution >= 4 is 23.8 Å². The van der Waals surface area contributed by atoms with E-state index in [2.05, 4.69) is 24.3 Å². The average molecular weight is 459 g/mol. The SMILES string of the molecule is CCOP(=O)(OCC)c1ccc2nc(-c3ccc(OC)cc3)c3c(c2c1)-c1ccccc1C3. The number of rotatable bonds is 7. The molecular formula is C27H26NO4P. The van der Waals surface area contributed by atoms with E-state index in [1.807, 2.05) is 56.3 Å². The Morgan fingerprint density at radius 3 is 2.36 bits per heavy atom. The number of hydrogen-bond donors (Lipinski definition) is 0. The van der Waals surface area contributed by atoms with Crippen molar-refractivity contribution in [2.45, 2.75) is 20.3 Å². The number of ether oxygens (including phenoxy) is 1. The van der Waals surface area contributed by atoms with Crippen LogP contribution in [0.1, 0.15) is 25.0 Å². The van der Waals surface area contributed by atoms with Crippen LogP contribution < -0.4 is 10.0 Å². The molecule has 0 saturated heterocycles. The van der Waals surface area contributed by atoms with Crippen LogP contribution in [0.3, 0.4) is 0 Å². The molecule has 0 saturated carbocycles. The second-order valence-electron chi connectivity index (χ2n) is 7.91. The molecule has 0 N–H and O–H groups in total. The minimum atomic E-state index is -3.41. The smallest absolute Gasteiger partial charge is 0.361 e. The first kappa shape index (κ1) is 21.8. The number of benzene rings is 3. The fourth-order valence-corrected chi connectivity index (χ4v) is 6.16. The summed E-state index contributed by atoms with van der Waals surface area (Å²) < 4.78 is 30.0. The quantitative estimate of drug-likeness (QED) is 0.265. The molecular weight excluding hydrogens is 433 g/mol. The van der Waals surface area contributed by atoms with Crippen LogP contribution in [-0.4, -0.2) is 25.3 Å². The second kappa shape index (κ2) is 8.75. The monoisotopic (exact) mass is 459 g/mol. The topological polar surface area (TPSA) is 57.7 Å². The van der Waals surface area contributed by atoms with Gasteiger partial charge in [0, 0.05) is 17.4 Å². The summed E-state index contributed by atoms with van der Waals surface area (Å²) in [5.74, 6) is 0.812. The van der Waals surface area contributed by atoms with Gasteiger partial charge in [0.05, 0.1) is 36.8 Å². The predicted octanol–water partition coefficient (Wildman–Crippen LogP) is 6.37. The van der Waals surface area contributed by atoms with E-state index in [4.69, 9.17) is 18.8 Å². The molecule has 4 aromatic rings.